The van der Waals surface area contributed by atoms with Gasteiger partial charge in [0.1, 0.15) is 24.2 Å². The second-order valence-corrected chi connectivity index (χ2v) is 14.4. The molecule has 2 rings (SSSR count). The lowest BCUT2D eigenvalue weighted by molar-refractivity contribution is -0.870. The predicted molar refractivity (Wildman–Crippen MR) is 187 cm³/mol. The third-order valence-electron chi connectivity index (χ3n) is 8.44. The van der Waals surface area contributed by atoms with Crippen LogP contribution in [0.2, 0.25) is 0 Å². The van der Waals surface area contributed by atoms with Crippen LogP contribution in [-0.2, 0) is 30.4 Å². The number of unbranched alkanes of at least 4 members (excludes halogenated alkanes) is 2. The summed E-state index contributed by atoms with van der Waals surface area (Å²) in [5.41, 5.74) is 12.1. The Kier molecular flexibility index (Phi) is 20.6. The van der Waals surface area contributed by atoms with E-state index in [1.54, 1.807) is 0 Å². The Bertz CT molecular complexity index is 1170. The molecule has 0 radical (unpaired) electrons. The summed E-state index contributed by atoms with van der Waals surface area (Å²) in [6, 6.07) is 5.15. The molecule has 1 heterocycles. The van der Waals surface area contributed by atoms with E-state index in [1.807, 2.05) is 44.2 Å². The van der Waals surface area contributed by atoms with E-state index >= 15 is 0 Å². The second-order valence-electron chi connectivity index (χ2n) is 14.4. The zero-order valence-electron chi connectivity index (χ0n) is 30.1. The minimum absolute atomic E-state index is 0. The van der Waals surface area contributed by atoms with Crippen LogP contribution in [0.3, 0.4) is 0 Å². The van der Waals surface area contributed by atoms with E-state index in [0.717, 1.165) is 36.0 Å². The second kappa shape index (κ2) is 22.8. The van der Waals surface area contributed by atoms with Crippen molar-refractivity contribution in [3.8, 4) is 0 Å². The monoisotopic (exact) mass is 800 g/mol. The predicted octanol–water partition coefficient (Wildman–Crippen LogP) is -2.54. The van der Waals surface area contributed by atoms with Crippen LogP contribution < -0.4 is 62.0 Å². The molecule has 0 aliphatic carbocycles. The van der Waals surface area contributed by atoms with E-state index in [4.69, 9.17) is 11.5 Å². The van der Waals surface area contributed by atoms with Gasteiger partial charge in [0, 0.05) is 6.42 Å². The molecule has 1 aromatic rings. The first-order valence-corrected chi connectivity index (χ1v) is 17.5. The largest absolute Gasteiger partial charge is 1.00 e. The molecule has 0 bridgehead atoms. The standard InChI is InChI=1S/C35H60N8O5.HI/c1-24(2)22-29(31(37)44)41-35(48)30(23-25-14-7-6-8-15-25)42-34(47)28(17-10-12-21-43(3,4)5)40-33(46)27(16-9-11-19-36)39-32(45)26-18-13-20-38-26;/h6-8,14-15,24,26-30,38H,9-13,16-23,36H2,1-5H3,(H5-,37,39,40,41,42,44,45,46,47,48);1H/t26-,27-,28-,29-,30-;/m0./s1. The molecule has 5 atom stereocenters. The fourth-order valence-corrected chi connectivity index (χ4v) is 5.74. The summed E-state index contributed by atoms with van der Waals surface area (Å²) in [6.45, 7) is 5.92. The molecule has 1 saturated heterocycles. The van der Waals surface area contributed by atoms with E-state index in [9.17, 15) is 24.0 Å². The third kappa shape index (κ3) is 17.6. The van der Waals surface area contributed by atoms with Crippen LogP contribution in [0.25, 0.3) is 0 Å². The van der Waals surface area contributed by atoms with Crippen LogP contribution in [0.15, 0.2) is 30.3 Å². The zero-order chi connectivity index (χ0) is 35.7. The van der Waals surface area contributed by atoms with Gasteiger partial charge in [-0.25, -0.2) is 0 Å². The number of amides is 5. The molecular formula is C35H61IN8O5. The van der Waals surface area contributed by atoms with E-state index in [1.165, 1.54) is 0 Å². The number of nitrogens with zero attached hydrogens (tertiary/aromatic N) is 1. The van der Waals surface area contributed by atoms with Gasteiger partial charge in [0.25, 0.3) is 0 Å². The van der Waals surface area contributed by atoms with Gasteiger partial charge >= 0.3 is 0 Å². The lowest BCUT2D eigenvalue weighted by Gasteiger charge is -2.27. The third-order valence-corrected chi connectivity index (χ3v) is 8.44. The lowest BCUT2D eigenvalue weighted by Crippen LogP contribution is -3.00. The Morgan fingerprint density at radius 3 is 1.90 bits per heavy atom. The summed E-state index contributed by atoms with van der Waals surface area (Å²) in [4.78, 5) is 66.5. The number of carbonyl (C=O) groups excluding carboxylic acids is 5. The van der Waals surface area contributed by atoms with Gasteiger partial charge in [0.05, 0.1) is 33.7 Å². The SMILES string of the molecule is CC(C)C[C@H](NC(=O)[C@H](Cc1ccccc1)NC(=O)[C@H](CCCC[N+](C)(C)C)NC(=O)[C@H](CCCCN)NC(=O)[C@@H]1CCCN1)C(N)=O.[I-]. The quantitative estimate of drug-likeness (QED) is 0.0381. The first-order valence-electron chi connectivity index (χ1n) is 17.5. The van der Waals surface area contributed by atoms with Crippen LogP contribution >= 0.6 is 0 Å². The van der Waals surface area contributed by atoms with Gasteiger partial charge in [-0.3, -0.25) is 24.0 Å². The van der Waals surface area contributed by atoms with Crippen LogP contribution in [-0.4, -0.2) is 105 Å². The smallest absolute Gasteiger partial charge is 0.243 e. The number of primary amides is 1. The van der Waals surface area contributed by atoms with Crippen LogP contribution in [0.5, 0.6) is 0 Å². The Morgan fingerprint density at radius 2 is 1.37 bits per heavy atom. The van der Waals surface area contributed by atoms with Gasteiger partial charge in [-0.15, -0.1) is 0 Å². The van der Waals surface area contributed by atoms with Gasteiger partial charge in [-0.2, -0.15) is 0 Å². The molecule has 9 N–H and O–H groups in total. The van der Waals surface area contributed by atoms with Gasteiger partial charge in [-0.1, -0.05) is 44.2 Å². The van der Waals surface area contributed by atoms with Crippen LogP contribution in [0, 0.1) is 5.92 Å². The van der Waals surface area contributed by atoms with Crippen molar-refractivity contribution in [3.63, 3.8) is 0 Å². The summed E-state index contributed by atoms with van der Waals surface area (Å²) in [6.07, 6.45) is 5.59. The molecule has 1 aliphatic rings. The van der Waals surface area contributed by atoms with Crippen molar-refractivity contribution in [2.75, 3.05) is 40.8 Å². The average Bonchev–Trinajstić information content (AvgIpc) is 3.56. The first kappa shape index (κ1) is 44.2. The number of carbonyl (C=O) groups is 5. The maximum absolute atomic E-state index is 14.0. The summed E-state index contributed by atoms with van der Waals surface area (Å²) in [5, 5.41) is 14.6. The Morgan fingerprint density at radius 1 is 0.816 bits per heavy atom. The molecule has 49 heavy (non-hydrogen) atoms. The highest BCUT2D eigenvalue weighted by Gasteiger charge is 2.32. The normalized spacial score (nSPS) is 16.8. The van der Waals surface area contributed by atoms with Crippen molar-refractivity contribution >= 4 is 29.5 Å². The summed E-state index contributed by atoms with van der Waals surface area (Å²) < 4.78 is 0.754. The summed E-state index contributed by atoms with van der Waals surface area (Å²) in [7, 11) is 6.27. The minimum Gasteiger partial charge on any atom is -1.00 e. The Labute approximate surface area is 309 Å². The molecular weight excluding hydrogens is 739 g/mol. The van der Waals surface area contributed by atoms with Gasteiger partial charge in [0.15, 0.2) is 0 Å². The molecule has 0 aromatic heterocycles. The van der Waals surface area contributed by atoms with E-state index in [2.05, 4.69) is 47.7 Å². The topological polar surface area (TPSA) is 198 Å². The maximum Gasteiger partial charge on any atom is 0.243 e. The molecule has 1 aliphatic heterocycles. The number of rotatable bonds is 22. The number of hydrogen-bond acceptors (Lipinski definition) is 7. The van der Waals surface area contributed by atoms with E-state index in [0.29, 0.717) is 51.5 Å². The van der Waals surface area contributed by atoms with Crippen molar-refractivity contribution in [1.29, 1.82) is 0 Å². The van der Waals surface area contributed by atoms with Crippen LogP contribution in [0.1, 0.15) is 77.2 Å². The highest BCUT2D eigenvalue weighted by molar-refractivity contribution is 5.95. The van der Waals surface area contributed by atoms with E-state index in [-0.39, 0.29) is 48.3 Å². The van der Waals surface area contributed by atoms with Crippen molar-refractivity contribution in [2.24, 2.45) is 17.4 Å². The number of benzene rings is 1. The molecule has 278 valence electrons. The van der Waals surface area contributed by atoms with Crippen molar-refractivity contribution in [3.05, 3.63) is 35.9 Å². The Hall–Kier alpha value is -2.82. The molecule has 0 saturated carbocycles. The van der Waals surface area contributed by atoms with Gasteiger partial charge < -0.3 is 66.5 Å². The maximum atomic E-state index is 14.0. The minimum atomic E-state index is -1.03. The number of nitrogens with two attached hydrogens (primary N) is 2. The van der Waals surface area contributed by atoms with Crippen LogP contribution in [0.4, 0.5) is 0 Å². The number of halogens is 1. The molecule has 0 spiro atoms. The molecule has 13 nitrogen and oxygen atoms in total. The lowest BCUT2D eigenvalue weighted by atomic mass is 10.0. The average molecular weight is 801 g/mol. The highest BCUT2D eigenvalue weighted by Crippen LogP contribution is 2.12. The summed E-state index contributed by atoms with van der Waals surface area (Å²) in [5.74, 6) is -2.32. The number of hydrogen-bond donors (Lipinski definition) is 7. The van der Waals surface area contributed by atoms with Crippen molar-refractivity contribution in [2.45, 2.75) is 108 Å². The molecule has 14 heteroatoms. The number of nitrogens with one attached hydrogen (secondary N) is 5. The first-order chi connectivity index (χ1) is 22.7. The molecule has 5 amide bonds. The van der Waals surface area contributed by atoms with Gasteiger partial charge in [-0.05, 0) is 82.4 Å². The molecule has 1 fully saturated rings. The van der Waals surface area contributed by atoms with Crippen molar-refractivity contribution < 1.29 is 52.4 Å². The van der Waals surface area contributed by atoms with Gasteiger partial charge in [0.2, 0.25) is 29.5 Å². The zero-order valence-corrected chi connectivity index (χ0v) is 32.2. The van der Waals surface area contributed by atoms with Crippen molar-refractivity contribution in [1.82, 2.24) is 26.6 Å². The molecule has 1 aromatic carbocycles. The Balaban J connectivity index is 0.0000120. The highest BCUT2D eigenvalue weighted by atomic mass is 127. The van der Waals surface area contributed by atoms with E-state index < -0.39 is 47.8 Å². The fourth-order valence-electron chi connectivity index (χ4n) is 5.74. The fraction of sp³-hybridized carbons (Fsp3) is 0.686. The number of quaternary nitrogens is 1. The summed E-state index contributed by atoms with van der Waals surface area (Å²) >= 11 is 0. The molecule has 0 unspecified atom stereocenters.